The lowest BCUT2D eigenvalue weighted by Gasteiger charge is -2.59. The maximum Gasteiger partial charge on any atom is 0.123 e. The van der Waals surface area contributed by atoms with E-state index in [1.165, 1.54) is 41.5 Å². The Hall–Kier alpha value is -2.48. The van der Waals surface area contributed by atoms with Gasteiger partial charge in [-0.3, -0.25) is 0 Å². The highest BCUT2D eigenvalue weighted by Gasteiger charge is 2.62. The average molecular weight is 387 g/mol. The topological polar surface area (TPSA) is 29.5 Å². The predicted octanol–water partition coefficient (Wildman–Crippen LogP) is 7.06. The number of hydrogen-bond donors (Lipinski definition) is 1. The summed E-state index contributed by atoms with van der Waals surface area (Å²) in [6.07, 6.45) is 3.61. The minimum absolute atomic E-state index is 0.0785. The highest BCUT2D eigenvalue weighted by atomic mass is 16.5. The van der Waals surface area contributed by atoms with E-state index in [2.05, 4.69) is 64.1 Å². The van der Waals surface area contributed by atoms with Gasteiger partial charge in [0.05, 0.1) is 7.11 Å². The number of phenols is 1. The van der Waals surface area contributed by atoms with Crippen molar-refractivity contribution in [3.63, 3.8) is 0 Å². The van der Waals surface area contributed by atoms with Crippen LogP contribution in [0.4, 0.5) is 0 Å². The largest absolute Gasteiger partial charge is 0.507 e. The monoisotopic (exact) mass is 386 g/mol. The number of methoxy groups -OCH3 is 1. The summed E-state index contributed by atoms with van der Waals surface area (Å²) in [5.74, 6) is 1.19. The van der Waals surface area contributed by atoms with Crippen LogP contribution in [-0.4, -0.2) is 12.2 Å². The first-order valence-electron chi connectivity index (χ1n) is 10.7. The number of rotatable bonds is 1. The number of ether oxygens (including phenoxy) is 1. The fourth-order valence-electron chi connectivity index (χ4n) is 6.99. The molecule has 1 saturated carbocycles. The van der Waals surface area contributed by atoms with Crippen molar-refractivity contribution in [3.8, 4) is 22.6 Å². The fourth-order valence-corrected chi connectivity index (χ4v) is 6.99. The molecule has 1 spiro atoms. The van der Waals surface area contributed by atoms with E-state index >= 15 is 0 Å². The van der Waals surface area contributed by atoms with Crippen LogP contribution >= 0.6 is 0 Å². The first kappa shape index (κ1) is 18.5. The molecule has 1 N–H and O–H groups in total. The zero-order chi connectivity index (χ0) is 20.6. The summed E-state index contributed by atoms with van der Waals surface area (Å²) in [5.41, 5.74) is 5.30. The number of benzene rings is 3. The van der Waals surface area contributed by atoms with Crippen LogP contribution < -0.4 is 4.74 Å². The molecule has 0 heterocycles. The molecule has 2 heteroatoms. The number of hydrogen-bond acceptors (Lipinski definition) is 2. The lowest BCUT2D eigenvalue weighted by Crippen LogP contribution is -2.55. The van der Waals surface area contributed by atoms with Crippen molar-refractivity contribution >= 4 is 10.8 Å². The summed E-state index contributed by atoms with van der Waals surface area (Å²) < 4.78 is 5.55. The maximum atomic E-state index is 11.1. The Balaban J connectivity index is 2.01. The van der Waals surface area contributed by atoms with Gasteiger partial charge in [-0.2, -0.15) is 0 Å². The van der Waals surface area contributed by atoms with Crippen molar-refractivity contribution in [1.82, 2.24) is 0 Å². The average Bonchev–Trinajstić information content (AvgIpc) is 2.98. The Bertz CT molecular complexity index is 1120. The second-order valence-electron chi connectivity index (χ2n) is 10.1. The minimum atomic E-state index is -0.140. The molecule has 0 aliphatic heterocycles. The van der Waals surface area contributed by atoms with Gasteiger partial charge in [0, 0.05) is 10.8 Å². The van der Waals surface area contributed by atoms with Crippen LogP contribution in [0.3, 0.4) is 0 Å². The molecule has 0 radical (unpaired) electrons. The summed E-state index contributed by atoms with van der Waals surface area (Å²) in [6.45, 7) is 9.69. The third-order valence-corrected chi connectivity index (χ3v) is 7.96. The van der Waals surface area contributed by atoms with Crippen molar-refractivity contribution in [3.05, 3.63) is 59.7 Å². The molecule has 0 atom stereocenters. The zero-order valence-electron chi connectivity index (χ0n) is 18.1. The van der Waals surface area contributed by atoms with Gasteiger partial charge in [-0.1, -0.05) is 58.4 Å². The summed E-state index contributed by atoms with van der Waals surface area (Å²) in [5, 5.41) is 13.1. The summed E-state index contributed by atoms with van der Waals surface area (Å²) in [7, 11) is 1.70. The van der Waals surface area contributed by atoms with E-state index in [0.29, 0.717) is 5.75 Å². The smallest absolute Gasteiger partial charge is 0.123 e. The molecule has 1 fully saturated rings. The van der Waals surface area contributed by atoms with Gasteiger partial charge < -0.3 is 9.84 Å². The Kier molecular flexibility index (Phi) is 3.70. The third kappa shape index (κ3) is 2.12. The van der Waals surface area contributed by atoms with Crippen LogP contribution in [0.25, 0.3) is 21.9 Å². The Labute approximate surface area is 173 Å². The van der Waals surface area contributed by atoms with Crippen LogP contribution in [0.2, 0.25) is 0 Å². The normalized spacial score (nSPS) is 20.4. The van der Waals surface area contributed by atoms with Crippen molar-refractivity contribution in [2.24, 2.45) is 10.8 Å². The first-order chi connectivity index (χ1) is 13.7. The summed E-state index contributed by atoms with van der Waals surface area (Å²) >= 11 is 0. The lowest BCUT2D eigenvalue weighted by molar-refractivity contribution is 0.00870. The molecular weight excluding hydrogens is 356 g/mol. The van der Waals surface area contributed by atoms with E-state index < -0.39 is 0 Å². The van der Waals surface area contributed by atoms with Gasteiger partial charge in [0.25, 0.3) is 0 Å². The van der Waals surface area contributed by atoms with Gasteiger partial charge in [-0.25, -0.2) is 0 Å². The van der Waals surface area contributed by atoms with Gasteiger partial charge in [-0.05, 0) is 75.6 Å². The van der Waals surface area contributed by atoms with Crippen molar-refractivity contribution in [2.45, 2.75) is 52.4 Å². The molecule has 29 heavy (non-hydrogen) atoms. The molecule has 2 aliphatic rings. The molecule has 0 aromatic heterocycles. The van der Waals surface area contributed by atoms with Crippen LogP contribution in [0.1, 0.15) is 58.1 Å². The molecule has 3 aromatic carbocycles. The van der Waals surface area contributed by atoms with E-state index in [0.717, 1.165) is 16.5 Å². The molecule has 150 valence electrons. The van der Waals surface area contributed by atoms with Crippen LogP contribution in [0, 0.1) is 10.8 Å². The molecule has 0 bridgehead atoms. The molecule has 2 nitrogen and oxygen atoms in total. The molecule has 5 rings (SSSR count). The Morgan fingerprint density at radius 3 is 2.21 bits per heavy atom. The predicted molar refractivity (Wildman–Crippen MR) is 120 cm³/mol. The summed E-state index contributed by atoms with van der Waals surface area (Å²) in [6, 6.07) is 17.0. The number of aromatic hydroxyl groups is 1. The van der Waals surface area contributed by atoms with E-state index in [-0.39, 0.29) is 16.2 Å². The Morgan fingerprint density at radius 1 is 0.828 bits per heavy atom. The summed E-state index contributed by atoms with van der Waals surface area (Å²) in [4.78, 5) is 0. The van der Waals surface area contributed by atoms with Crippen molar-refractivity contribution in [1.29, 1.82) is 0 Å². The Morgan fingerprint density at radius 2 is 1.52 bits per heavy atom. The van der Waals surface area contributed by atoms with E-state index in [1.807, 2.05) is 12.1 Å². The number of fused-ring (bicyclic) bond motifs is 7. The quantitative estimate of drug-likeness (QED) is 0.485. The SMILES string of the molecule is COc1ccc2c(O)cc3c(c2c1)-c1ccccc1C31C(C)(C)CCCC1(C)C. The second-order valence-corrected chi connectivity index (χ2v) is 10.1. The molecule has 0 amide bonds. The highest BCUT2D eigenvalue weighted by molar-refractivity contribution is 6.06. The lowest BCUT2D eigenvalue weighted by atomic mass is 9.44. The van der Waals surface area contributed by atoms with Crippen LogP contribution in [0.5, 0.6) is 11.5 Å². The third-order valence-electron chi connectivity index (χ3n) is 7.96. The van der Waals surface area contributed by atoms with Gasteiger partial charge in [0.2, 0.25) is 0 Å². The van der Waals surface area contributed by atoms with E-state index in [9.17, 15) is 5.11 Å². The standard InChI is InChI=1S/C27H30O2/c1-25(2)13-8-14-26(3,4)27(25)21-10-7-6-9-19(21)24-20-15-17(29-5)11-12-18(20)23(28)16-22(24)27/h6-7,9-12,15-16,28H,8,13-14H2,1-5H3. The fraction of sp³-hybridized carbons (Fsp3) is 0.407. The molecule has 3 aromatic rings. The molecule has 2 aliphatic carbocycles. The minimum Gasteiger partial charge on any atom is -0.507 e. The molecular formula is C27H30O2. The van der Waals surface area contributed by atoms with Gasteiger partial charge >= 0.3 is 0 Å². The van der Waals surface area contributed by atoms with Crippen LogP contribution in [0.15, 0.2) is 48.5 Å². The van der Waals surface area contributed by atoms with Crippen molar-refractivity contribution in [2.75, 3.05) is 7.11 Å². The van der Waals surface area contributed by atoms with E-state index in [4.69, 9.17) is 4.74 Å². The molecule has 0 saturated heterocycles. The van der Waals surface area contributed by atoms with E-state index in [1.54, 1.807) is 7.11 Å². The highest BCUT2D eigenvalue weighted by Crippen LogP contribution is 2.70. The van der Waals surface area contributed by atoms with Gasteiger partial charge in [-0.15, -0.1) is 0 Å². The van der Waals surface area contributed by atoms with Gasteiger partial charge in [0.1, 0.15) is 11.5 Å². The van der Waals surface area contributed by atoms with Gasteiger partial charge in [0.15, 0.2) is 0 Å². The second kappa shape index (κ2) is 5.78. The molecule has 0 unspecified atom stereocenters. The number of phenolic OH excluding ortho intramolecular Hbond substituents is 1. The first-order valence-corrected chi connectivity index (χ1v) is 10.7. The maximum absolute atomic E-state index is 11.1. The van der Waals surface area contributed by atoms with Crippen molar-refractivity contribution < 1.29 is 9.84 Å². The zero-order valence-corrected chi connectivity index (χ0v) is 18.1. The van der Waals surface area contributed by atoms with Crippen LogP contribution in [-0.2, 0) is 5.41 Å².